The molecular formula is C21H16F2N2O3. The van der Waals surface area contributed by atoms with Gasteiger partial charge in [-0.2, -0.15) is 0 Å². The lowest BCUT2D eigenvalue weighted by atomic mass is 10.0. The third-order valence-electron chi connectivity index (χ3n) is 4.62. The van der Waals surface area contributed by atoms with Gasteiger partial charge in [0.1, 0.15) is 0 Å². The van der Waals surface area contributed by atoms with Crippen molar-refractivity contribution in [2.75, 3.05) is 16.8 Å². The highest BCUT2D eigenvalue weighted by Crippen LogP contribution is 2.31. The van der Waals surface area contributed by atoms with E-state index in [9.17, 15) is 18.4 Å². The van der Waals surface area contributed by atoms with Crippen molar-refractivity contribution < 1.29 is 22.8 Å². The van der Waals surface area contributed by atoms with Gasteiger partial charge < -0.3 is 14.6 Å². The van der Waals surface area contributed by atoms with Crippen LogP contribution in [0, 0.1) is 11.6 Å². The zero-order valence-electron chi connectivity index (χ0n) is 14.7. The molecule has 1 N–H and O–H groups in total. The van der Waals surface area contributed by atoms with Crippen molar-refractivity contribution in [3.05, 3.63) is 83.3 Å². The van der Waals surface area contributed by atoms with Crippen LogP contribution in [-0.4, -0.2) is 18.4 Å². The molecule has 2 amide bonds. The third kappa shape index (κ3) is 3.38. The molecule has 5 nitrogen and oxygen atoms in total. The van der Waals surface area contributed by atoms with Crippen LogP contribution in [0.15, 0.2) is 59.2 Å². The smallest absolute Gasteiger partial charge is 0.293 e. The Bertz CT molecular complexity index is 1050. The van der Waals surface area contributed by atoms with E-state index in [0.717, 1.165) is 30.5 Å². The van der Waals surface area contributed by atoms with E-state index in [1.807, 2.05) is 6.07 Å². The number of furan rings is 1. The molecule has 3 aromatic rings. The molecular weight excluding hydrogens is 366 g/mol. The van der Waals surface area contributed by atoms with Crippen molar-refractivity contribution in [1.29, 1.82) is 0 Å². The highest BCUT2D eigenvalue weighted by molar-refractivity contribution is 6.07. The number of carbonyl (C=O) groups is 2. The Morgan fingerprint density at radius 2 is 1.89 bits per heavy atom. The van der Waals surface area contributed by atoms with Gasteiger partial charge in [0.15, 0.2) is 17.4 Å². The lowest BCUT2D eigenvalue weighted by molar-refractivity contribution is 0.0958. The van der Waals surface area contributed by atoms with E-state index in [0.29, 0.717) is 17.9 Å². The van der Waals surface area contributed by atoms with E-state index < -0.39 is 17.5 Å². The van der Waals surface area contributed by atoms with Crippen molar-refractivity contribution in [2.24, 2.45) is 0 Å². The van der Waals surface area contributed by atoms with Crippen LogP contribution in [0.25, 0.3) is 0 Å². The molecule has 1 aliphatic heterocycles. The summed E-state index contributed by atoms with van der Waals surface area (Å²) in [5.74, 6) is -2.69. The molecule has 1 aromatic heterocycles. The molecule has 0 fully saturated rings. The first kappa shape index (κ1) is 17.9. The lowest BCUT2D eigenvalue weighted by Crippen LogP contribution is -2.35. The van der Waals surface area contributed by atoms with E-state index in [1.54, 1.807) is 29.2 Å². The minimum Gasteiger partial charge on any atom is -0.459 e. The summed E-state index contributed by atoms with van der Waals surface area (Å²) in [5.41, 5.74) is 2.13. The van der Waals surface area contributed by atoms with Crippen LogP contribution in [0.4, 0.5) is 20.2 Å². The summed E-state index contributed by atoms with van der Waals surface area (Å²) in [6.07, 6.45) is 3.07. The number of amides is 2. The van der Waals surface area contributed by atoms with Gasteiger partial charge in [0.2, 0.25) is 0 Å². The van der Waals surface area contributed by atoms with Crippen molar-refractivity contribution in [2.45, 2.75) is 12.8 Å². The quantitative estimate of drug-likeness (QED) is 0.730. The Labute approximate surface area is 159 Å². The summed E-state index contributed by atoms with van der Waals surface area (Å²) < 4.78 is 31.6. The summed E-state index contributed by atoms with van der Waals surface area (Å²) in [4.78, 5) is 26.7. The molecule has 0 aliphatic carbocycles. The molecule has 0 bridgehead atoms. The van der Waals surface area contributed by atoms with Gasteiger partial charge in [0, 0.05) is 23.5 Å². The highest BCUT2D eigenvalue weighted by atomic mass is 19.2. The second kappa shape index (κ2) is 7.26. The zero-order valence-corrected chi connectivity index (χ0v) is 14.7. The van der Waals surface area contributed by atoms with Crippen LogP contribution in [-0.2, 0) is 6.42 Å². The van der Waals surface area contributed by atoms with Gasteiger partial charge in [-0.15, -0.1) is 0 Å². The number of nitrogens with zero attached hydrogens (tertiary/aromatic N) is 1. The molecule has 0 radical (unpaired) electrons. The number of halogens is 2. The molecule has 2 heterocycles. The van der Waals surface area contributed by atoms with Crippen LogP contribution in [0.3, 0.4) is 0 Å². The maximum atomic E-state index is 13.4. The number of carbonyl (C=O) groups excluding carboxylic acids is 2. The van der Waals surface area contributed by atoms with Gasteiger partial charge in [-0.05, 0) is 60.9 Å². The van der Waals surface area contributed by atoms with Crippen LogP contribution in [0.1, 0.15) is 32.9 Å². The van der Waals surface area contributed by atoms with Crippen molar-refractivity contribution >= 4 is 23.2 Å². The van der Waals surface area contributed by atoms with E-state index >= 15 is 0 Å². The Morgan fingerprint density at radius 1 is 1.04 bits per heavy atom. The number of aryl methyl sites for hydroxylation is 1. The summed E-state index contributed by atoms with van der Waals surface area (Å²) in [7, 11) is 0. The Kier molecular flexibility index (Phi) is 4.65. The monoisotopic (exact) mass is 382 g/mol. The highest BCUT2D eigenvalue weighted by Gasteiger charge is 2.25. The molecule has 0 unspecified atom stereocenters. The van der Waals surface area contributed by atoms with Crippen LogP contribution in [0.2, 0.25) is 0 Å². The van der Waals surface area contributed by atoms with Gasteiger partial charge in [-0.1, -0.05) is 6.07 Å². The first-order valence-electron chi connectivity index (χ1n) is 8.77. The summed E-state index contributed by atoms with van der Waals surface area (Å²) in [6, 6.07) is 11.5. The summed E-state index contributed by atoms with van der Waals surface area (Å²) in [5, 5.41) is 2.66. The van der Waals surface area contributed by atoms with Crippen LogP contribution in [0.5, 0.6) is 0 Å². The molecule has 142 valence electrons. The van der Waals surface area contributed by atoms with Crippen molar-refractivity contribution in [3.63, 3.8) is 0 Å². The predicted octanol–water partition coefficient (Wildman–Crippen LogP) is 4.40. The fourth-order valence-corrected chi connectivity index (χ4v) is 3.24. The Balaban J connectivity index is 1.60. The topological polar surface area (TPSA) is 62.6 Å². The number of fused-ring (bicyclic) bond motifs is 1. The van der Waals surface area contributed by atoms with E-state index in [2.05, 4.69) is 5.32 Å². The minimum atomic E-state index is -1.09. The molecule has 4 rings (SSSR count). The van der Waals surface area contributed by atoms with E-state index in [4.69, 9.17) is 4.42 Å². The maximum Gasteiger partial charge on any atom is 0.293 e. The van der Waals surface area contributed by atoms with Crippen molar-refractivity contribution in [1.82, 2.24) is 0 Å². The number of hydrogen-bond acceptors (Lipinski definition) is 3. The first-order chi connectivity index (χ1) is 13.5. The predicted molar refractivity (Wildman–Crippen MR) is 99.5 cm³/mol. The maximum absolute atomic E-state index is 13.4. The van der Waals surface area contributed by atoms with Gasteiger partial charge in [-0.25, -0.2) is 8.78 Å². The lowest BCUT2D eigenvalue weighted by Gasteiger charge is -2.29. The van der Waals surface area contributed by atoms with Crippen LogP contribution < -0.4 is 10.2 Å². The van der Waals surface area contributed by atoms with Gasteiger partial charge >= 0.3 is 0 Å². The Morgan fingerprint density at radius 3 is 2.64 bits per heavy atom. The normalized spacial score (nSPS) is 13.1. The van der Waals surface area contributed by atoms with Crippen LogP contribution >= 0.6 is 0 Å². The summed E-state index contributed by atoms with van der Waals surface area (Å²) >= 11 is 0. The van der Waals surface area contributed by atoms with Gasteiger partial charge in [0.25, 0.3) is 11.8 Å². The molecule has 0 spiro atoms. The molecule has 0 saturated carbocycles. The second-order valence-corrected chi connectivity index (χ2v) is 6.46. The molecule has 2 aromatic carbocycles. The zero-order chi connectivity index (χ0) is 19.7. The van der Waals surface area contributed by atoms with E-state index in [-0.39, 0.29) is 17.2 Å². The first-order valence-corrected chi connectivity index (χ1v) is 8.77. The number of benzene rings is 2. The van der Waals surface area contributed by atoms with Gasteiger partial charge in [-0.3, -0.25) is 9.59 Å². The SMILES string of the molecule is O=C(Nc1ccc2c(c1)N(C(=O)c1ccco1)CCC2)c1ccc(F)c(F)c1. The molecule has 7 heteroatoms. The molecule has 28 heavy (non-hydrogen) atoms. The fraction of sp³-hybridized carbons (Fsp3) is 0.143. The largest absolute Gasteiger partial charge is 0.459 e. The molecule has 0 saturated heterocycles. The fourth-order valence-electron chi connectivity index (χ4n) is 3.24. The van der Waals surface area contributed by atoms with E-state index in [1.165, 1.54) is 12.3 Å². The third-order valence-corrected chi connectivity index (χ3v) is 4.62. The van der Waals surface area contributed by atoms with Crippen molar-refractivity contribution in [3.8, 4) is 0 Å². The number of anilines is 2. The standard InChI is InChI=1S/C21H16F2N2O3/c22-16-8-6-14(11-17(16)23)20(26)24-15-7-5-13-3-1-9-25(18(13)12-15)21(27)19-4-2-10-28-19/h2,4-8,10-12H,1,3,9H2,(H,24,26). The average molecular weight is 382 g/mol. The second-order valence-electron chi connectivity index (χ2n) is 6.46. The molecule has 1 aliphatic rings. The molecule has 0 atom stereocenters. The number of hydrogen-bond donors (Lipinski definition) is 1. The summed E-state index contributed by atoms with van der Waals surface area (Å²) in [6.45, 7) is 0.535. The minimum absolute atomic E-state index is 0.000128. The number of nitrogens with one attached hydrogen (secondary N) is 1. The number of rotatable bonds is 3. The van der Waals surface area contributed by atoms with Gasteiger partial charge in [0.05, 0.1) is 6.26 Å². The average Bonchev–Trinajstić information content (AvgIpc) is 3.24. The Hall–Kier alpha value is -3.48.